The lowest BCUT2D eigenvalue weighted by Gasteiger charge is -2.41. The Kier molecular flexibility index (Phi) is 6.67. The van der Waals surface area contributed by atoms with E-state index in [0.717, 1.165) is 44.9 Å². The van der Waals surface area contributed by atoms with E-state index in [1.807, 2.05) is 12.1 Å². The van der Waals surface area contributed by atoms with E-state index < -0.39 is 0 Å². The molecule has 2 aromatic carbocycles. The van der Waals surface area contributed by atoms with Crippen molar-refractivity contribution in [3.8, 4) is 5.75 Å². The average molecular weight is 354 g/mol. The van der Waals surface area contributed by atoms with Crippen molar-refractivity contribution < 1.29 is 9.84 Å². The zero-order valence-electron chi connectivity index (χ0n) is 15.9. The van der Waals surface area contributed by atoms with Crippen LogP contribution in [0, 0.1) is 6.92 Å². The zero-order valence-corrected chi connectivity index (χ0v) is 15.9. The van der Waals surface area contributed by atoms with E-state index in [2.05, 4.69) is 53.1 Å². The molecule has 0 unspecified atom stereocenters. The number of rotatable bonds is 7. The Morgan fingerprint density at radius 3 is 2.50 bits per heavy atom. The molecule has 26 heavy (non-hydrogen) atoms. The maximum Gasteiger partial charge on any atom is 0.118 e. The smallest absolute Gasteiger partial charge is 0.118 e. The summed E-state index contributed by atoms with van der Waals surface area (Å²) in [5, 5.41) is 9.53. The minimum atomic E-state index is 0.241. The number of methoxy groups -OCH3 is 1. The van der Waals surface area contributed by atoms with Crippen molar-refractivity contribution in [1.82, 2.24) is 9.80 Å². The van der Waals surface area contributed by atoms with Gasteiger partial charge in [-0.25, -0.2) is 0 Å². The number of hydrogen-bond donors (Lipinski definition) is 1. The highest BCUT2D eigenvalue weighted by molar-refractivity contribution is 5.27. The normalized spacial score (nSPS) is 18.8. The topological polar surface area (TPSA) is 35.9 Å². The lowest BCUT2D eigenvalue weighted by molar-refractivity contribution is 0.0498. The van der Waals surface area contributed by atoms with Gasteiger partial charge in [-0.05, 0) is 42.2 Å². The van der Waals surface area contributed by atoms with Crippen LogP contribution in [0.15, 0.2) is 48.5 Å². The molecular weight excluding hydrogens is 324 g/mol. The van der Waals surface area contributed by atoms with Gasteiger partial charge in [-0.1, -0.05) is 36.4 Å². The van der Waals surface area contributed by atoms with Crippen molar-refractivity contribution in [1.29, 1.82) is 0 Å². The fraction of sp³-hybridized carbons (Fsp3) is 0.455. The maximum absolute atomic E-state index is 9.53. The first kappa shape index (κ1) is 18.9. The van der Waals surface area contributed by atoms with Crippen LogP contribution >= 0.6 is 0 Å². The van der Waals surface area contributed by atoms with E-state index in [1.54, 1.807) is 7.11 Å². The summed E-state index contributed by atoms with van der Waals surface area (Å²) in [6.07, 6.45) is 0.824. The van der Waals surface area contributed by atoms with Crippen LogP contribution in [0.5, 0.6) is 5.75 Å². The Labute approximate surface area is 157 Å². The number of aliphatic hydroxyl groups is 1. The molecule has 3 rings (SSSR count). The molecule has 0 radical (unpaired) electrons. The third-order valence-corrected chi connectivity index (χ3v) is 5.35. The quantitative estimate of drug-likeness (QED) is 0.829. The number of hydrogen-bond acceptors (Lipinski definition) is 4. The van der Waals surface area contributed by atoms with Gasteiger partial charge in [0.2, 0.25) is 0 Å². The van der Waals surface area contributed by atoms with Gasteiger partial charge in [0.15, 0.2) is 0 Å². The Hall–Kier alpha value is -1.88. The summed E-state index contributed by atoms with van der Waals surface area (Å²) in [6, 6.07) is 17.3. The van der Waals surface area contributed by atoms with Gasteiger partial charge < -0.3 is 9.84 Å². The first-order valence-electron chi connectivity index (χ1n) is 9.44. The molecule has 1 aliphatic heterocycles. The van der Waals surface area contributed by atoms with Crippen LogP contribution in [0.1, 0.15) is 23.1 Å². The number of nitrogens with zero attached hydrogens (tertiary/aromatic N) is 2. The third-order valence-electron chi connectivity index (χ3n) is 5.35. The van der Waals surface area contributed by atoms with E-state index in [1.165, 1.54) is 16.7 Å². The monoisotopic (exact) mass is 354 g/mol. The number of aliphatic hydroxyl groups excluding tert-OH is 1. The highest BCUT2D eigenvalue weighted by Gasteiger charge is 2.26. The molecule has 4 heteroatoms. The van der Waals surface area contributed by atoms with Crippen molar-refractivity contribution in [3.63, 3.8) is 0 Å². The molecule has 1 heterocycles. The van der Waals surface area contributed by atoms with Crippen LogP contribution in [0.3, 0.4) is 0 Å². The summed E-state index contributed by atoms with van der Waals surface area (Å²) in [5.41, 5.74) is 4.04. The van der Waals surface area contributed by atoms with E-state index in [0.29, 0.717) is 6.04 Å². The van der Waals surface area contributed by atoms with Crippen molar-refractivity contribution in [2.24, 2.45) is 0 Å². The second-order valence-corrected chi connectivity index (χ2v) is 7.15. The molecule has 0 aromatic heterocycles. The van der Waals surface area contributed by atoms with Crippen molar-refractivity contribution >= 4 is 0 Å². The average Bonchev–Trinajstić information content (AvgIpc) is 2.66. The van der Waals surface area contributed by atoms with Gasteiger partial charge in [0, 0.05) is 45.4 Å². The van der Waals surface area contributed by atoms with E-state index in [9.17, 15) is 5.11 Å². The summed E-state index contributed by atoms with van der Waals surface area (Å²) in [5.74, 6) is 0.898. The Bertz CT molecular complexity index is 687. The van der Waals surface area contributed by atoms with Gasteiger partial charge in [0.25, 0.3) is 0 Å². The van der Waals surface area contributed by atoms with E-state index in [-0.39, 0.29) is 6.61 Å². The number of aryl methyl sites for hydroxylation is 1. The SMILES string of the molecule is COc1ccc(CN2CCN(Cc3ccccc3C)[C@@H](CCO)C2)cc1. The van der Waals surface area contributed by atoms with Gasteiger partial charge in [0.1, 0.15) is 5.75 Å². The predicted octanol–water partition coefficient (Wildman–Crippen LogP) is 3.07. The lowest BCUT2D eigenvalue weighted by atomic mass is 10.0. The highest BCUT2D eigenvalue weighted by Crippen LogP contribution is 2.20. The Morgan fingerprint density at radius 1 is 1.04 bits per heavy atom. The largest absolute Gasteiger partial charge is 0.497 e. The number of ether oxygens (including phenoxy) is 1. The number of piperazine rings is 1. The van der Waals surface area contributed by atoms with Crippen LogP contribution < -0.4 is 4.74 Å². The van der Waals surface area contributed by atoms with Gasteiger partial charge in [-0.2, -0.15) is 0 Å². The molecule has 1 saturated heterocycles. The summed E-state index contributed by atoms with van der Waals surface area (Å²) in [4.78, 5) is 5.03. The molecule has 0 amide bonds. The fourth-order valence-electron chi connectivity index (χ4n) is 3.73. The van der Waals surface area contributed by atoms with E-state index >= 15 is 0 Å². The van der Waals surface area contributed by atoms with E-state index in [4.69, 9.17) is 4.74 Å². The van der Waals surface area contributed by atoms with Crippen LogP contribution in [0.4, 0.5) is 0 Å². The van der Waals surface area contributed by atoms with Crippen molar-refractivity contribution in [2.45, 2.75) is 32.5 Å². The highest BCUT2D eigenvalue weighted by atomic mass is 16.5. The molecule has 2 aromatic rings. The molecule has 1 N–H and O–H groups in total. The first-order valence-corrected chi connectivity index (χ1v) is 9.44. The van der Waals surface area contributed by atoms with Crippen LogP contribution in [0.2, 0.25) is 0 Å². The second kappa shape index (κ2) is 9.17. The van der Waals surface area contributed by atoms with Gasteiger partial charge in [-0.15, -0.1) is 0 Å². The summed E-state index contributed by atoms with van der Waals surface area (Å²) >= 11 is 0. The summed E-state index contributed by atoms with van der Waals surface area (Å²) < 4.78 is 5.24. The van der Waals surface area contributed by atoms with Gasteiger partial charge >= 0.3 is 0 Å². The summed E-state index contributed by atoms with van der Waals surface area (Å²) in [6.45, 7) is 7.42. The van der Waals surface area contributed by atoms with Crippen LogP contribution in [0.25, 0.3) is 0 Å². The Morgan fingerprint density at radius 2 is 1.81 bits per heavy atom. The predicted molar refractivity (Wildman–Crippen MR) is 105 cm³/mol. The van der Waals surface area contributed by atoms with Crippen molar-refractivity contribution in [3.05, 3.63) is 65.2 Å². The third kappa shape index (κ3) is 4.85. The number of benzene rings is 2. The first-order chi connectivity index (χ1) is 12.7. The molecule has 0 bridgehead atoms. The molecule has 0 saturated carbocycles. The van der Waals surface area contributed by atoms with Gasteiger partial charge in [-0.3, -0.25) is 9.80 Å². The molecule has 1 aliphatic rings. The molecule has 140 valence electrons. The molecule has 0 aliphatic carbocycles. The minimum Gasteiger partial charge on any atom is -0.497 e. The molecule has 1 fully saturated rings. The standard InChI is InChI=1S/C22H30N2O2/c1-18-5-3-4-6-20(18)16-24-13-12-23(17-21(24)11-14-25)15-19-7-9-22(26-2)10-8-19/h3-10,21,25H,11-17H2,1-2H3/t21-/m0/s1. The van der Waals surface area contributed by atoms with Crippen molar-refractivity contribution in [2.75, 3.05) is 33.4 Å². The second-order valence-electron chi connectivity index (χ2n) is 7.15. The Balaban J connectivity index is 1.62. The van der Waals surface area contributed by atoms with Crippen LogP contribution in [-0.4, -0.2) is 54.3 Å². The fourth-order valence-corrected chi connectivity index (χ4v) is 3.73. The maximum atomic E-state index is 9.53. The molecule has 1 atom stereocenters. The van der Waals surface area contributed by atoms with Gasteiger partial charge in [0.05, 0.1) is 7.11 Å². The molecular formula is C22H30N2O2. The molecule has 0 spiro atoms. The van der Waals surface area contributed by atoms with Crippen LogP contribution in [-0.2, 0) is 13.1 Å². The minimum absolute atomic E-state index is 0.241. The summed E-state index contributed by atoms with van der Waals surface area (Å²) in [7, 11) is 1.70. The molecule has 4 nitrogen and oxygen atoms in total. The lowest BCUT2D eigenvalue weighted by Crippen LogP contribution is -2.52. The zero-order chi connectivity index (χ0) is 18.4.